The molecule has 6 nitrogen and oxygen atoms in total. The number of carbonyl (C=O) groups is 1. The third kappa shape index (κ3) is 4.31. The van der Waals surface area contributed by atoms with E-state index in [-0.39, 0.29) is 12.0 Å². The maximum atomic E-state index is 12.0. The monoisotopic (exact) mass is 322 g/mol. The van der Waals surface area contributed by atoms with Gasteiger partial charge in [-0.2, -0.15) is 10.4 Å². The largest absolute Gasteiger partial charge is 0.376 e. The highest BCUT2D eigenvalue weighted by Crippen LogP contribution is 2.15. The van der Waals surface area contributed by atoms with Crippen LogP contribution in [0, 0.1) is 11.3 Å². The normalized spacial score (nSPS) is 17.0. The smallest absolute Gasteiger partial charge is 0.248 e. The van der Waals surface area contributed by atoms with E-state index < -0.39 is 0 Å². The van der Waals surface area contributed by atoms with Crippen molar-refractivity contribution in [1.82, 2.24) is 9.78 Å². The van der Waals surface area contributed by atoms with Gasteiger partial charge in [0.05, 0.1) is 36.2 Å². The zero-order valence-electron chi connectivity index (χ0n) is 13.2. The van der Waals surface area contributed by atoms with Crippen LogP contribution in [-0.2, 0) is 16.1 Å². The molecule has 1 saturated heterocycles. The Labute approximate surface area is 140 Å². The fraction of sp³-hybridized carbons (Fsp3) is 0.278. The first kappa shape index (κ1) is 16.0. The van der Waals surface area contributed by atoms with E-state index in [0.717, 1.165) is 25.0 Å². The Morgan fingerprint density at radius 3 is 3.00 bits per heavy atom. The molecule has 1 fully saturated rings. The number of rotatable bonds is 5. The summed E-state index contributed by atoms with van der Waals surface area (Å²) in [4.78, 5) is 12.0. The lowest BCUT2D eigenvalue weighted by atomic mass is 10.1. The van der Waals surface area contributed by atoms with Crippen molar-refractivity contribution >= 4 is 17.7 Å². The van der Waals surface area contributed by atoms with Gasteiger partial charge in [0.1, 0.15) is 0 Å². The average Bonchev–Trinajstić information content (AvgIpc) is 3.26. The molecule has 1 aromatic carbocycles. The van der Waals surface area contributed by atoms with Crippen molar-refractivity contribution in [2.45, 2.75) is 25.5 Å². The van der Waals surface area contributed by atoms with Crippen LogP contribution < -0.4 is 5.32 Å². The molecule has 1 aliphatic rings. The molecular weight excluding hydrogens is 304 g/mol. The van der Waals surface area contributed by atoms with Crippen molar-refractivity contribution in [1.29, 1.82) is 5.26 Å². The minimum Gasteiger partial charge on any atom is -0.376 e. The van der Waals surface area contributed by atoms with Crippen LogP contribution in [-0.4, -0.2) is 28.4 Å². The molecule has 1 N–H and O–H groups in total. The van der Waals surface area contributed by atoms with Gasteiger partial charge in [0.2, 0.25) is 5.91 Å². The van der Waals surface area contributed by atoms with Crippen LogP contribution in [0.3, 0.4) is 0 Å². The number of ether oxygens (including phenoxy) is 1. The number of amides is 1. The van der Waals surface area contributed by atoms with Crippen molar-refractivity contribution in [2.24, 2.45) is 0 Å². The highest BCUT2D eigenvalue weighted by Gasteiger charge is 2.16. The number of benzene rings is 1. The number of hydrogen-bond acceptors (Lipinski definition) is 4. The summed E-state index contributed by atoms with van der Waals surface area (Å²) in [6, 6.07) is 9.08. The Hall–Kier alpha value is -2.91. The topological polar surface area (TPSA) is 79.9 Å². The fourth-order valence-electron chi connectivity index (χ4n) is 2.55. The van der Waals surface area contributed by atoms with Crippen molar-refractivity contribution in [3.8, 4) is 6.07 Å². The minimum absolute atomic E-state index is 0.213. The van der Waals surface area contributed by atoms with E-state index in [1.807, 2.05) is 0 Å². The van der Waals surface area contributed by atoms with Gasteiger partial charge in [-0.05, 0) is 36.6 Å². The average molecular weight is 322 g/mol. The molecule has 0 saturated carbocycles. The molecule has 2 heterocycles. The number of nitrogens with one attached hydrogen (secondary N) is 1. The molecule has 0 radical (unpaired) electrons. The Bertz CT molecular complexity index is 765. The standard InChI is InChI=1S/C18H18N4O2/c19-10-15-5-3-14(4-6-15)7-8-18(23)21-16-11-20-22(12-16)13-17-2-1-9-24-17/h3-8,11-12,17H,1-2,9,13H2,(H,21,23)/b8-7-/t17-/m0/s1. The van der Waals surface area contributed by atoms with Crippen molar-refractivity contribution in [3.05, 3.63) is 53.9 Å². The second kappa shape index (κ2) is 7.57. The molecule has 1 aromatic heterocycles. The van der Waals surface area contributed by atoms with Crippen LogP contribution in [0.2, 0.25) is 0 Å². The highest BCUT2D eigenvalue weighted by molar-refractivity contribution is 6.01. The quantitative estimate of drug-likeness (QED) is 0.858. The van der Waals surface area contributed by atoms with E-state index in [4.69, 9.17) is 10.00 Å². The fourth-order valence-corrected chi connectivity index (χ4v) is 2.55. The third-order valence-electron chi connectivity index (χ3n) is 3.78. The SMILES string of the molecule is N#Cc1ccc(/C=C\C(=O)Nc2cnn(C[C@@H]3CCCO3)c2)cc1. The second-order valence-electron chi connectivity index (χ2n) is 5.64. The number of aromatic nitrogens is 2. The van der Waals surface area contributed by atoms with Crippen molar-refractivity contribution in [3.63, 3.8) is 0 Å². The van der Waals surface area contributed by atoms with Crippen LogP contribution in [0.1, 0.15) is 24.0 Å². The van der Waals surface area contributed by atoms with E-state index in [1.165, 1.54) is 6.08 Å². The van der Waals surface area contributed by atoms with Crippen molar-refractivity contribution in [2.75, 3.05) is 11.9 Å². The molecular formula is C18H18N4O2. The Kier molecular flexibility index (Phi) is 5.04. The van der Waals surface area contributed by atoms with E-state index in [1.54, 1.807) is 47.4 Å². The molecule has 1 aliphatic heterocycles. The molecule has 24 heavy (non-hydrogen) atoms. The van der Waals surface area contributed by atoms with Crippen LogP contribution in [0.4, 0.5) is 5.69 Å². The van der Waals surface area contributed by atoms with Crippen LogP contribution in [0.5, 0.6) is 0 Å². The maximum absolute atomic E-state index is 12.0. The second-order valence-corrected chi connectivity index (χ2v) is 5.64. The van der Waals surface area contributed by atoms with Gasteiger partial charge >= 0.3 is 0 Å². The van der Waals surface area contributed by atoms with E-state index in [2.05, 4.69) is 16.5 Å². The number of nitrogens with zero attached hydrogens (tertiary/aromatic N) is 3. The number of nitriles is 1. The lowest BCUT2D eigenvalue weighted by molar-refractivity contribution is -0.111. The van der Waals surface area contributed by atoms with Gasteiger partial charge in [-0.3, -0.25) is 9.48 Å². The molecule has 122 valence electrons. The molecule has 1 atom stereocenters. The maximum Gasteiger partial charge on any atom is 0.248 e. The molecule has 0 spiro atoms. The van der Waals surface area contributed by atoms with Crippen molar-refractivity contribution < 1.29 is 9.53 Å². The summed E-state index contributed by atoms with van der Waals surface area (Å²) in [7, 11) is 0. The molecule has 0 unspecified atom stereocenters. The Balaban J connectivity index is 1.53. The zero-order valence-corrected chi connectivity index (χ0v) is 13.2. The van der Waals surface area contributed by atoms with Gasteiger partial charge in [-0.1, -0.05) is 12.1 Å². The molecule has 3 rings (SSSR count). The molecule has 0 aliphatic carbocycles. The Morgan fingerprint density at radius 1 is 1.46 bits per heavy atom. The summed E-state index contributed by atoms with van der Waals surface area (Å²) in [6.07, 6.45) is 8.94. The number of hydrogen-bond donors (Lipinski definition) is 1. The van der Waals surface area contributed by atoms with E-state index in [0.29, 0.717) is 17.8 Å². The van der Waals surface area contributed by atoms with E-state index in [9.17, 15) is 4.79 Å². The van der Waals surface area contributed by atoms with Gasteiger partial charge in [-0.15, -0.1) is 0 Å². The summed E-state index contributed by atoms with van der Waals surface area (Å²) >= 11 is 0. The molecule has 2 aromatic rings. The minimum atomic E-state index is -0.226. The summed E-state index contributed by atoms with van der Waals surface area (Å²) in [5, 5.41) is 15.8. The number of carbonyl (C=O) groups excluding carboxylic acids is 1. The molecule has 0 bridgehead atoms. The zero-order chi connectivity index (χ0) is 16.8. The Morgan fingerprint density at radius 2 is 2.29 bits per heavy atom. The summed E-state index contributed by atoms with van der Waals surface area (Å²) in [5.74, 6) is -0.226. The summed E-state index contributed by atoms with van der Waals surface area (Å²) in [5.41, 5.74) is 2.11. The lowest BCUT2D eigenvalue weighted by Crippen LogP contribution is -2.15. The first-order valence-electron chi connectivity index (χ1n) is 7.86. The lowest BCUT2D eigenvalue weighted by Gasteiger charge is -2.08. The van der Waals surface area contributed by atoms with Gasteiger partial charge in [0.25, 0.3) is 0 Å². The summed E-state index contributed by atoms with van der Waals surface area (Å²) < 4.78 is 7.36. The van der Waals surface area contributed by atoms with Gasteiger partial charge in [0.15, 0.2) is 0 Å². The predicted molar refractivity (Wildman–Crippen MR) is 90.0 cm³/mol. The van der Waals surface area contributed by atoms with Crippen LogP contribution in [0.25, 0.3) is 6.08 Å². The van der Waals surface area contributed by atoms with Crippen LogP contribution in [0.15, 0.2) is 42.7 Å². The van der Waals surface area contributed by atoms with Gasteiger partial charge < -0.3 is 10.1 Å². The van der Waals surface area contributed by atoms with E-state index >= 15 is 0 Å². The third-order valence-corrected chi connectivity index (χ3v) is 3.78. The van der Waals surface area contributed by atoms with Gasteiger partial charge in [-0.25, -0.2) is 0 Å². The first-order chi connectivity index (χ1) is 11.7. The molecule has 1 amide bonds. The highest BCUT2D eigenvalue weighted by atomic mass is 16.5. The number of anilines is 1. The molecule has 6 heteroatoms. The van der Waals surface area contributed by atoms with Crippen LogP contribution >= 0.6 is 0 Å². The predicted octanol–water partition coefficient (Wildman–Crippen LogP) is 2.59. The first-order valence-corrected chi connectivity index (χ1v) is 7.86. The summed E-state index contributed by atoms with van der Waals surface area (Å²) in [6.45, 7) is 1.52. The van der Waals surface area contributed by atoms with Gasteiger partial charge in [0, 0.05) is 18.9 Å².